The topological polar surface area (TPSA) is 72.7 Å². The summed E-state index contributed by atoms with van der Waals surface area (Å²) in [5.41, 5.74) is 0.521. The summed E-state index contributed by atoms with van der Waals surface area (Å²) in [6.07, 6.45) is 1.43. The number of hydrogen-bond donors (Lipinski definition) is 1. The molecule has 1 saturated heterocycles. The van der Waals surface area contributed by atoms with E-state index in [1.165, 1.54) is 19.5 Å². The molecular formula is C20H23FN4O3. The molecule has 4 rings (SSSR count). The quantitative estimate of drug-likeness (QED) is 0.698. The summed E-state index contributed by atoms with van der Waals surface area (Å²) in [7, 11) is 1.44. The Bertz CT molecular complexity index is 956. The molecule has 0 saturated carbocycles. The predicted octanol–water partition coefficient (Wildman–Crippen LogP) is 3.16. The van der Waals surface area contributed by atoms with E-state index in [0.29, 0.717) is 36.5 Å². The Morgan fingerprint density at radius 3 is 2.79 bits per heavy atom. The number of rotatable bonds is 6. The lowest BCUT2D eigenvalue weighted by atomic mass is 10.1. The van der Waals surface area contributed by atoms with Crippen LogP contribution in [0.3, 0.4) is 0 Å². The molecule has 0 spiro atoms. The maximum Gasteiger partial charge on any atom is 0.167 e. The summed E-state index contributed by atoms with van der Waals surface area (Å²) in [4.78, 5) is 10.9. The number of methoxy groups -OCH3 is 1. The number of fused-ring (bicyclic) bond motifs is 1. The lowest BCUT2D eigenvalue weighted by molar-refractivity contribution is 0.0143. The van der Waals surface area contributed by atoms with Crippen LogP contribution in [0.4, 0.5) is 10.2 Å². The molecule has 3 aromatic rings. The number of anilines is 1. The molecule has 1 aliphatic rings. The van der Waals surface area contributed by atoms with Gasteiger partial charge >= 0.3 is 0 Å². The first-order valence-corrected chi connectivity index (χ1v) is 9.26. The third-order valence-electron chi connectivity index (χ3n) is 4.95. The number of furan rings is 1. The second-order valence-electron chi connectivity index (χ2n) is 6.72. The predicted molar refractivity (Wildman–Crippen MR) is 103 cm³/mol. The van der Waals surface area contributed by atoms with E-state index in [2.05, 4.69) is 20.2 Å². The second-order valence-corrected chi connectivity index (χ2v) is 6.72. The summed E-state index contributed by atoms with van der Waals surface area (Å²) in [6, 6.07) is 6.99. The molecule has 3 heterocycles. The highest BCUT2D eigenvalue weighted by molar-refractivity contribution is 5.90. The van der Waals surface area contributed by atoms with Crippen molar-refractivity contribution >= 4 is 16.7 Å². The van der Waals surface area contributed by atoms with Crippen LogP contribution in [-0.2, 0) is 4.74 Å². The summed E-state index contributed by atoms with van der Waals surface area (Å²) >= 11 is 0. The van der Waals surface area contributed by atoms with Gasteiger partial charge in [0.25, 0.3) is 0 Å². The Morgan fingerprint density at radius 2 is 2.07 bits per heavy atom. The molecule has 1 atom stereocenters. The van der Waals surface area contributed by atoms with Gasteiger partial charge in [0, 0.05) is 31.1 Å². The first kappa shape index (κ1) is 18.6. The highest BCUT2D eigenvalue weighted by Crippen LogP contribution is 2.29. The highest BCUT2D eigenvalue weighted by atomic mass is 19.1. The molecular weight excluding hydrogens is 363 g/mol. The number of aromatic nitrogens is 2. The number of morpholine rings is 1. The fourth-order valence-electron chi connectivity index (χ4n) is 3.48. The van der Waals surface area contributed by atoms with E-state index < -0.39 is 5.82 Å². The van der Waals surface area contributed by atoms with Crippen LogP contribution < -0.4 is 10.1 Å². The normalized spacial score (nSPS) is 16.2. The lowest BCUT2D eigenvalue weighted by Gasteiger charge is -2.33. The minimum absolute atomic E-state index is 0.0324. The maximum absolute atomic E-state index is 14.0. The van der Waals surface area contributed by atoms with Crippen LogP contribution in [0.15, 0.2) is 35.0 Å². The molecule has 1 aliphatic heterocycles. The van der Waals surface area contributed by atoms with E-state index in [4.69, 9.17) is 13.9 Å². The van der Waals surface area contributed by atoms with Crippen LogP contribution in [-0.4, -0.2) is 54.8 Å². The molecule has 2 aromatic heterocycles. The smallest absolute Gasteiger partial charge is 0.167 e. The number of nitrogens with one attached hydrogen (secondary N) is 1. The maximum atomic E-state index is 14.0. The zero-order valence-corrected chi connectivity index (χ0v) is 15.9. The lowest BCUT2D eigenvalue weighted by Crippen LogP contribution is -2.41. The Kier molecular flexibility index (Phi) is 5.40. The van der Waals surface area contributed by atoms with Crippen molar-refractivity contribution < 1.29 is 18.3 Å². The van der Waals surface area contributed by atoms with Crippen molar-refractivity contribution in [2.24, 2.45) is 0 Å². The van der Waals surface area contributed by atoms with E-state index in [0.717, 1.165) is 24.6 Å². The number of nitrogens with zero attached hydrogens (tertiary/aromatic N) is 3. The van der Waals surface area contributed by atoms with Crippen molar-refractivity contribution in [1.29, 1.82) is 0 Å². The average molecular weight is 386 g/mol. The van der Waals surface area contributed by atoms with Gasteiger partial charge in [0.1, 0.15) is 23.7 Å². The van der Waals surface area contributed by atoms with Crippen molar-refractivity contribution in [1.82, 2.24) is 14.9 Å². The molecule has 0 aliphatic carbocycles. The van der Waals surface area contributed by atoms with Gasteiger partial charge in [-0.2, -0.15) is 0 Å². The van der Waals surface area contributed by atoms with E-state index in [1.807, 2.05) is 19.1 Å². The summed E-state index contributed by atoms with van der Waals surface area (Å²) in [5, 5.41) is 4.10. The second kappa shape index (κ2) is 8.12. The Balaban J connectivity index is 1.61. The molecule has 8 heteroatoms. The van der Waals surface area contributed by atoms with Crippen molar-refractivity contribution in [2.75, 3.05) is 45.3 Å². The largest absolute Gasteiger partial charge is 0.494 e. The third kappa shape index (κ3) is 3.79. The molecule has 28 heavy (non-hydrogen) atoms. The van der Waals surface area contributed by atoms with Gasteiger partial charge in [-0.15, -0.1) is 0 Å². The fraction of sp³-hybridized carbons (Fsp3) is 0.400. The number of hydrogen-bond acceptors (Lipinski definition) is 7. The molecule has 7 nitrogen and oxygen atoms in total. The monoisotopic (exact) mass is 386 g/mol. The molecule has 0 radical (unpaired) electrons. The molecule has 1 aromatic carbocycles. The minimum Gasteiger partial charge on any atom is -0.494 e. The average Bonchev–Trinajstić information content (AvgIpc) is 3.14. The standard InChI is InChI=1S/C20H23FN4O3/c1-13-3-4-18(28-13)17(25-5-7-27-8-6-25)11-22-20-14-9-19(26-2)15(21)10-16(14)23-12-24-20/h3-4,9-10,12,17H,5-8,11H2,1-2H3,(H,22,23,24). The van der Waals surface area contributed by atoms with E-state index >= 15 is 0 Å². The Morgan fingerprint density at radius 1 is 1.25 bits per heavy atom. The van der Waals surface area contributed by atoms with Crippen LogP contribution in [0.25, 0.3) is 10.9 Å². The van der Waals surface area contributed by atoms with Gasteiger partial charge in [-0.1, -0.05) is 0 Å². The first-order valence-electron chi connectivity index (χ1n) is 9.26. The molecule has 0 amide bonds. The Hall–Kier alpha value is -2.71. The number of ether oxygens (including phenoxy) is 2. The van der Waals surface area contributed by atoms with Crippen molar-refractivity contribution in [3.8, 4) is 5.75 Å². The zero-order chi connectivity index (χ0) is 19.5. The van der Waals surface area contributed by atoms with Crippen LogP contribution in [0.5, 0.6) is 5.75 Å². The van der Waals surface area contributed by atoms with E-state index in [1.54, 1.807) is 6.07 Å². The molecule has 1 fully saturated rings. The van der Waals surface area contributed by atoms with Gasteiger partial charge in [-0.25, -0.2) is 14.4 Å². The SMILES string of the molecule is COc1cc2c(NCC(c3ccc(C)o3)N3CCOCC3)ncnc2cc1F. The number of halogens is 1. The van der Waals surface area contributed by atoms with Gasteiger partial charge in [0.15, 0.2) is 11.6 Å². The fourth-order valence-corrected chi connectivity index (χ4v) is 3.48. The number of aryl methyl sites for hydroxylation is 1. The van der Waals surface area contributed by atoms with Crippen LogP contribution >= 0.6 is 0 Å². The first-order chi connectivity index (χ1) is 13.7. The van der Waals surface area contributed by atoms with Crippen LogP contribution in [0.1, 0.15) is 17.6 Å². The third-order valence-corrected chi connectivity index (χ3v) is 4.95. The zero-order valence-electron chi connectivity index (χ0n) is 15.9. The van der Waals surface area contributed by atoms with E-state index in [-0.39, 0.29) is 11.8 Å². The van der Waals surface area contributed by atoms with Crippen molar-refractivity contribution in [3.05, 3.63) is 47.9 Å². The molecule has 1 unspecified atom stereocenters. The van der Waals surface area contributed by atoms with Gasteiger partial charge in [-0.05, 0) is 25.1 Å². The minimum atomic E-state index is -0.447. The van der Waals surface area contributed by atoms with Crippen molar-refractivity contribution in [2.45, 2.75) is 13.0 Å². The molecule has 0 bridgehead atoms. The number of benzene rings is 1. The van der Waals surface area contributed by atoms with E-state index in [9.17, 15) is 4.39 Å². The van der Waals surface area contributed by atoms with Gasteiger partial charge in [-0.3, -0.25) is 4.90 Å². The highest BCUT2D eigenvalue weighted by Gasteiger charge is 2.25. The Labute approximate surface area is 162 Å². The van der Waals surface area contributed by atoms with Gasteiger partial charge in [0.2, 0.25) is 0 Å². The molecule has 1 N–H and O–H groups in total. The molecule has 148 valence electrons. The van der Waals surface area contributed by atoms with Gasteiger partial charge in [0.05, 0.1) is 31.9 Å². The van der Waals surface area contributed by atoms with Crippen molar-refractivity contribution in [3.63, 3.8) is 0 Å². The summed E-state index contributed by atoms with van der Waals surface area (Å²) < 4.78 is 30.5. The van der Waals surface area contributed by atoms with Crippen LogP contribution in [0, 0.1) is 12.7 Å². The summed E-state index contributed by atoms with van der Waals surface area (Å²) in [6.45, 7) is 5.57. The van der Waals surface area contributed by atoms with Gasteiger partial charge < -0.3 is 19.2 Å². The van der Waals surface area contributed by atoms with Crippen LogP contribution in [0.2, 0.25) is 0 Å². The summed E-state index contributed by atoms with van der Waals surface area (Å²) in [5.74, 6) is 2.12.